The molecule has 1 unspecified atom stereocenters. The summed E-state index contributed by atoms with van der Waals surface area (Å²) in [7, 11) is 0. The standard InChI is InChI=1S/C13H20O2/c1-3-4-5-12-9-11(8-10(2)14)6-7-13(12)15/h6-7,9-10,14-15H,3-5,8H2,1-2H3. The summed E-state index contributed by atoms with van der Waals surface area (Å²) in [6.07, 6.45) is 3.45. The second-order valence-electron chi connectivity index (χ2n) is 4.12. The highest BCUT2D eigenvalue weighted by molar-refractivity contribution is 5.36. The van der Waals surface area contributed by atoms with Crippen LogP contribution in [0, 0.1) is 0 Å². The summed E-state index contributed by atoms with van der Waals surface area (Å²) in [5.41, 5.74) is 2.09. The maximum absolute atomic E-state index is 9.63. The molecule has 84 valence electrons. The molecule has 0 aromatic heterocycles. The lowest BCUT2D eigenvalue weighted by Crippen LogP contribution is -2.04. The van der Waals surface area contributed by atoms with Gasteiger partial charge in [-0.25, -0.2) is 0 Å². The quantitative estimate of drug-likeness (QED) is 0.781. The third-order valence-corrected chi connectivity index (χ3v) is 2.47. The predicted molar refractivity (Wildman–Crippen MR) is 62.1 cm³/mol. The minimum atomic E-state index is -0.325. The Morgan fingerprint density at radius 2 is 2.07 bits per heavy atom. The minimum Gasteiger partial charge on any atom is -0.508 e. The average Bonchev–Trinajstić information content (AvgIpc) is 2.18. The van der Waals surface area contributed by atoms with Gasteiger partial charge in [0.15, 0.2) is 0 Å². The average molecular weight is 208 g/mol. The first-order valence-corrected chi connectivity index (χ1v) is 5.62. The molecule has 0 aliphatic rings. The molecule has 2 N–H and O–H groups in total. The molecule has 2 nitrogen and oxygen atoms in total. The van der Waals surface area contributed by atoms with Crippen molar-refractivity contribution in [2.24, 2.45) is 0 Å². The van der Waals surface area contributed by atoms with Gasteiger partial charge in [-0.15, -0.1) is 0 Å². The molecule has 0 fully saturated rings. The summed E-state index contributed by atoms with van der Waals surface area (Å²) in [5.74, 6) is 0.373. The predicted octanol–water partition coefficient (Wildman–Crippen LogP) is 2.66. The van der Waals surface area contributed by atoms with Crippen LogP contribution in [0.1, 0.15) is 37.8 Å². The van der Waals surface area contributed by atoms with Gasteiger partial charge in [-0.2, -0.15) is 0 Å². The van der Waals surface area contributed by atoms with Crippen molar-refractivity contribution in [1.29, 1.82) is 0 Å². The first kappa shape index (κ1) is 12.1. The molecule has 1 aromatic rings. The number of rotatable bonds is 5. The Labute approximate surface area is 91.6 Å². The Morgan fingerprint density at radius 1 is 1.33 bits per heavy atom. The van der Waals surface area contributed by atoms with E-state index in [-0.39, 0.29) is 6.10 Å². The fraction of sp³-hybridized carbons (Fsp3) is 0.538. The smallest absolute Gasteiger partial charge is 0.118 e. The number of hydrogen-bond acceptors (Lipinski definition) is 2. The van der Waals surface area contributed by atoms with E-state index < -0.39 is 0 Å². The first-order valence-electron chi connectivity index (χ1n) is 5.62. The van der Waals surface area contributed by atoms with E-state index in [1.54, 1.807) is 13.0 Å². The van der Waals surface area contributed by atoms with Gasteiger partial charge in [0.05, 0.1) is 6.10 Å². The minimum absolute atomic E-state index is 0.325. The Bertz CT molecular complexity index is 305. The van der Waals surface area contributed by atoms with Crippen LogP contribution in [-0.2, 0) is 12.8 Å². The maximum atomic E-state index is 9.63. The van der Waals surface area contributed by atoms with Gasteiger partial charge in [-0.3, -0.25) is 0 Å². The van der Waals surface area contributed by atoms with E-state index in [1.165, 1.54) is 0 Å². The van der Waals surface area contributed by atoms with Crippen molar-refractivity contribution >= 4 is 0 Å². The van der Waals surface area contributed by atoms with Crippen LogP contribution < -0.4 is 0 Å². The molecular weight excluding hydrogens is 188 g/mol. The van der Waals surface area contributed by atoms with Crippen molar-refractivity contribution in [2.45, 2.75) is 45.6 Å². The summed E-state index contributed by atoms with van der Waals surface area (Å²) >= 11 is 0. The zero-order chi connectivity index (χ0) is 11.3. The van der Waals surface area contributed by atoms with Gasteiger partial charge in [-0.1, -0.05) is 25.5 Å². The van der Waals surface area contributed by atoms with Gasteiger partial charge in [0.2, 0.25) is 0 Å². The fourth-order valence-corrected chi connectivity index (χ4v) is 1.67. The molecule has 0 aliphatic heterocycles. The van der Waals surface area contributed by atoms with E-state index >= 15 is 0 Å². The van der Waals surface area contributed by atoms with E-state index in [4.69, 9.17) is 0 Å². The number of aliphatic hydroxyl groups excluding tert-OH is 1. The zero-order valence-electron chi connectivity index (χ0n) is 9.53. The van der Waals surface area contributed by atoms with Crippen LogP contribution in [0.4, 0.5) is 0 Å². The molecule has 1 atom stereocenters. The maximum Gasteiger partial charge on any atom is 0.118 e. The van der Waals surface area contributed by atoms with Crippen LogP contribution in [0.25, 0.3) is 0 Å². The summed E-state index contributed by atoms with van der Waals surface area (Å²) in [4.78, 5) is 0. The number of aliphatic hydroxyl groups is 1. The molecule has 0 spiro atoms. The molecule has 1 rings (SSSR count). The van der Waals surface area contributed by atoms with Crippen LogP contribution in [-0.4, -0.2) is 16.3 Å². The first-order chi connectivity index (χ1) is 7.13. The lowest BCUT2D eigenvalue weighted by molar-refractivity contribution is 0.195. The third kappa shape index (κ3) is 3.92. The highest BCUT2D eigenvalue weighted by Crippen LogP contribution is 2.21. The van der Waals surface area contributed by atoms with E-state index in [0.717, 1.165) is 30.4 Å². The Kier molecular flexibility index (Phi) is 4.63. The fourth-order valence-electron chi connectivity index (χ4n) is 1.67. The summed E-state index contributed by atoms with van der Waals surface area (Å²) < 4.78 is 0. The molecule has 2 heteroatoms. The number of phenols is 1. The molecule has 0 amide bonds. The van der Waals surface area contributed by atoms with Gasteiger partial charge in [0.25, 0.3) is 0 Å². The van der Waals surface area contributed by atoms with Crippen molar-refractivity contribution in [3.8, 4) is 5.75 Å². The van der Waals surface area contributed by atoms with Crippen LogP contribution in [0.15, 0.2) is 18.2 Å². The van der Waals surface area contributed by atoms with Gasteiger partial charge in [0, 0.05) is 0 Å². The van der Waals surface area contributed by atoms with Crippen molar-refractivity contribution in [3.05, 3.63) is 29.3 Å². The molecular formula is C13H20O2. The topological polar surface area (TPSA) is 40.5 Å². The normalized spacial score (nSPS) is 12.7. The van der Waals surface area contributed by atoms with E-state index in [2.05, 4.69) is 6.92 Å². The number of benzene rings is 1. The van der Waals surface area contributed by atoms with Gasteiger partial charge < -0.3 is 10.2 Å². The third-order valence-electron chi connectivity index (χ3n) is 2.47. The second kappa shape index (κ2) is 5.76. The Balaban J connectivity index is 2.75. The van der Waals surface area contributed by atoms with Crippen molar-refractivity contribution < 1.29 is 10.2 Å². The second-order valence-corrected chi connectivity index (χ2v) is 4.12. The number of phenolic OH excluding ortho intramolecular Hbond substituents is 1. The lowest BCUT2D eigenvalue weighted by Gasteiger charge is -2.08. The van der Waals surface area contributed by atoms with Gasteiger partial charge >= 0.3 is 0 Å². The van der Waals surface area contributed by atoms with E-state index in [9.17, 15) is 10.2 Å². The molecule has 0 radical (unpaired) electrons. The Hall–Kier alpha value is -1.02. The van der Waals surface area contributed by atoms with Crippen LogP contribution in [0.2, 0.25) is 0 Å². The zero-order valence-corrected chi connectivity index (χ0v) is 9.53. The molecule has 0 saturated carbocycles. The number of aryl methyl sites for hydroxylation is 1. The highest BCUT2D eigenvalue weighted by Gasteiger charge is 2.04. The lowest BCUT2D eigenvalue weighted by atomic mass is 10.0. The largest absolute Gasteiger partial charge is 0.508 e. The molecule has 1 aromatic carbocycles. The van der Waals surface area contributed by atoms with Crippen molar-refractivity contribution in [1.82, 2.24) is 0 Å². The number of hydrogen-bond donors (Lipinski definition) is 2. The summed E-state index contributed by atoms with van der Waals surface area (Å²) in [5, 5.41) is 18.9. The molecule has 15 heavy (non-hydrogen) atoms. The van der Waals surface area contributed by atoms with E-state index in [0.29, 0.717) is 12.2 Å². The summed E-state index contributed by atoms with van der Waals surface area (Å²) in [6.45, 7) is 3.91. The van der Waals surface area contributed by atoms with Crippen LogP contribution in [0.5, 0.6) is 5.75 Å². The molecule has 0 heterocycles. The van der Waals surface area contributed by atoms with Gasteiger partial charge in [0.1, 0.15) is 5.75 Å². The Morgan fingerprint density at radius 3 is 2.67 bits per heavy atom. The molecule has 0 aliphatic carbocycles. The number of unbranched alkanes of at least 4 members (excludes halogenated alkanes) is 1. The van der Waals surface area contributed by atoms with Crippen molar-refractivity contribution in [3.63, 3.8) is 0 Å². The van der Waals surface area contributed by atoms with Crippen LogP contribution >= 0.6 is 0 Å². The van der Waals surface area contributed by atoms with Crippen LogP contribution in [0.3, 0.4) is 0 Å². The molecule has 0 saturated heterocycles. The highest BCUT2D eigenvalue weighted by atomic mass is 16.3. The number of aromatic hydroxyl groups is 1. The van der Waals surface area contributed by atoms with Crippen molar-refractivity contribution in [2.75, 3.05) is 0 Å². The van der Waals surface area contributed by atoms with Gasteiger partial charge in [-0.05, 0) is 43.4 Å². The van der Waals surface area contributed by atoms with E-state index in [1.807, 2.05) is 12.1 Å². The SMILES string of the molecule is CCCCc1cc(CC(C)O)ccc1O. The monoisotopic (exact) mass is 208 g/mol. The molecule has 0 bridgehead atoms. The summed E-state index contributed by atoms with van der Waals surface area (Å²) in [6, 6.07) is 5.60.